The van der Waals surface area contributed by atoms with Crippen molar-refractivity contribution in [3.63, 3.8) is 0 Å². The van der Waals surface area contributed by atoms with Crippen LogP contribution in [0.4, 0.5) is 0 Å². The molecule has 0 saturated heterocycles. The Hall–Kier alpha value is -0.860. The van der Waals surface area contributed by atoms with E-state index in [1.807, 2.05) is 0 Å². The topological polar surface area (TPSA) is 32.3 Å². The summed E-state index contributed by atoms with van der Waals surface area (Å²) in [6, 6.07) is 2.27. The van der Waals surface area contributed by atoms with Crippen molar-refractivity contribution in [2.24, 2.45) is 5.41 Å². The van der Waals surface area contributed by atoms with E-state index >= 15 is 0 Å². The molecule has 19 heavy (non-hydrogen) atoms. The lowest BCUT2D eigenvalue weighted by Crippen LogP contribution is -2.33. The summed E-state index contributed by atoms with van der Waals surface area (Å²) in [7, 11) is 0. The molecule has 0 spiro atoms. The van der Waals surface area contributed by atoms with Crippen LogP contribution in [0.5, 0.6) is 0 Å². The summed E-state index contributed by atoms with van der Waals surface area (Å²) in [6.45, 7) is 15.0. The Morgan fingerprint density at radius 2 is 1.58 bits per heavy atom. The molecule has 0 saturated carbocycles. The molecule has 0 aliphatic heterocycles. The number of nitrogens with one attached hydrogen (secondary N) is 1. The van der Waals surface area contributed by atoms with Crippen LogP contribution < -0.4 is 5.32 Å². The maximum absolute atomic E-state index is 9.23. The van der Waals surface area contributed by atoms with Crippen LogP contribution in [0.25, 0.3) is 0 Å². The second-order valence-electron chi connectivity index (χ2n) is 6.49. The highest BCUT2D eigenvalue weighted by Crippen LogP contribution is 2.22. The maximum Gasteiger partial charge on any atom is 0.0494 e. The van der Waals surface area contributed by atoms with Crippen LogP contribution in [-0.4, -0.2) is 24.8 Å². The molecule has 0 heterocycles. The highest BCUT2D eigenvalue weighted by Gasteiger charge is 2.15. The molecule has 0 bridgehead atoms. The molecule has 1 aromatic carbocycles. The fourth-order valence-electron chi connectivity index (χ4n) is 2.37. The van der Waals surface area contributed by atoms with Crippen LogP contribution in [0.2, 0.25) is 0 Å². The Morgan fingerprint density at radius 1 is 1.05 bits per heavy atom. The van der Waals surface area contributed by atoms with Gasteiger partial charge in [-0.3, -0.25) is 0 Å². The number of rotatable bonds is 6. The Kier molecular flexibility index (Phi) is 5.57. The summed E-state index contributed by atoms with van der Waals surface area (Å²) in [6.07, 6.45) is 1.06. The van der Waals surface area contributed by atoms with Gasteiger partial charge in [-0.05, 0) is 68.5 Å². The minimum Gasteiger partial charge on any atom is -0.396 e. The first-order valence-corrected chi connectivity index (χ1v) is 7.16. The molecule has 0 aliphatic carbocycles. The zero-order valence-electron chi connectivity index (χ0n) is 13.4. The average molecular weight is 263 g/mol. The molecule has 1 aromatic rings. The van der Waals surface area contributed by atoms with Crippen molar-refractivity contribution in [3.8, 4) is 0 Å². The van der Waals surface area contributed by atoms with Gasteiger partial charge < -0.3 is 10.4 Å². The summed E-state index contributed by atoms with van der Waals surface area (Å²) in [5.74, 6) is 0. The van der Waals surface area contributed by atoms with Gasteiger partial charge in [-0.2, -0.15) is 0 Å². The van der Waals surface area contributed by atoms with E-state index in [4.69, 9.17) is 0 Å². The molecule has 0 atom stereocenters. The summed E-state index contributed by atoms with van der Waals surface area (Å²) in [5.41, 5.74) is 7.05. The number of benzene rings is 1. The molecule has 2 N–H and O–H groups in total. The van der Waals surface area contributed by atoms with Gasteiger partial charge in [0.1, 0.15) is 0 Å². The van der Waals surface area contributed by atoms with E-state index in [2.05, 4.69) is 52.9 Å². The molecule has 2 heteroatoms. The van der Waals surface area contributed by atoms with Crippen LogP contribution in [0.3, 0.4) is 0 Å². The Labute approximate surface area is 118 Å². The SMILES string of the molecule is Cc1cc(C)c(C)c(CCNCC(C)(C)CO)c1C. The van der Waals surface area contributed by atoms with Crippen molar-refractivity contribution in [1.82, 2.24) is 5.32 Å². The number of aryl methyl sites for hydroxylation is 2. The van der Waals surface area contributed by atoms with Crippen molar-refractivity contribution in [2.75, 3.05) is 19.7 Å². The average Bonchev–Trinajstić information content (AvgIpc) is 2.35. The number of hydrogen-bond donors (Lipinski definition) is 2. The monoisotopic (exact) mass is 263 g/mol. The van der Waals surface area contributed by atoms with Gasteiger partial charge in [0.05, 0.1) is 0 Å². The molecule has 0 amide bonds. The van der Waals surface area contributed by atoms with Crippen LogP contribution in [0, 0.1) is 33.1 Å². The first-order chi connectivity index (χ1) is 8.78. The van der Waals surface area contributed by atoms with E-state index in [1.165, 1.54) is 27.8 Å². The van der Waals surface area contributed by atoms with E-state index in [0.29, 0.717) is 0 Å². The molecule has 0 aliphatic rings. The third-order valence-electron chi connectivity index (χ3n) is 4.10. The van der Waals surface area contributed by atoms with Crippen LogP contribution in [0.15, 0.2) is 6.07 Å². The minimum absolute atomic E-state index is 0.0351. The van der Waals surface area contributed by atoms with E-state index in [9.17, 15) is 5.11 Å². The molecular weight excluding hydrogens is 234 g/mol. The van der Waals surface area contributed by atoms with Crippen molar-refractivity contribution in [1.29, 1.82) is 0 Å². The van der Waals surface area contributed by atoms with Gasteiger partial charge in [0.25, 0.3) is 0 Å². The molecule has 108 valence electrons. The third kappa shape index (κ3) is 4.32. The van der Waals surface area contributed by atoms with Crippen LogP contribution >= 0.6 is 0 Å². The number of hydrogen-bond acceptors (Lipinski definition) is 2. The zero-order chi connectivity index (χ0) is 14.6. The van der Waals surface area contributed by atoms with Gasteiger partial charge in [-0.1, -0.05) is 19.9 Å². The highest BCUT2D eigenvalue weighted by molar-refractivity contribution is 5.44. The van der Waals surface area contributed by atoms with E-state index in [-0.39, 0.29) is 12.0 Å². The maximum atomic E-state index is 9.23. The van der Waals surface area contributed by atoms with Crippen molar-refractivity contribution < 1.29 is 5.11 Å². The summed E-state index contributed by atoms with van der Waals surface area (Å²) in [4.78, 5) is 0. The number of aliphatic hydroxyl groups is 1. The van der Waals surface area contributed by atoms with Crippen molar-refractivity contribution in [2.45, 2.75) is 48.0 Å². The first kappa shape index (κ1) is 16.2. The lowest BCUT2D eigenvalue weighted by atomic mass is 9.92. The number of aliphatic hydroxyl groups excluding tert-OH is 1. The van der Waals surface area contributed by atoms with Gasteiger partial charge in [0.15, 0.2) is 0 Å². The van der Waals surface area contributed by atoms with Gasteiger partial charge in [-0.25, -0.2) is 0 Å². The van der Waals surface area contributed by atoms with Crippen molar-refractivity contribution in [3.05, 3.63) is 33.9 Å². The van der Waals surface area contributed by atoms with Crippen molar-refractivity contribution >= 4 is 0 Å². The molecule has 0 fully saturated rings. The second-order valence-corrected chi connectivity index (χ2v) is 6.49. The largest absolute Gasteiger partial charge is 0.396 e. The first-order valence-electron chi connectivity index (χ1n) is 7.16. The molecule has 0 radical (unpaired) electrons. The normalized spacial score (nSPS) is 11.9. The predicted molar refractivity (Wildman–Crippen MR) is 82.8 cm³/mol. The minimum atomic E-state index is -0.0351. The molecule has 2 nitrogen and oxygen atoms in total. The predicted octanol–water partition coefficient (Wildman–Crippen LogP) is 3.07. The highest BCUT2D eigenvalue weighted by atomic mass is 16.3. The van der Waals surface area contributed by atoms with Gasteiger partial charge >= 0.3 is 0 Å². The molecule has 1 rings (SSSR count). The van der Waals surface area contributed by atoms with Crippen LogP contribution in [0.1, 0.15) is 41.7 Å². The van der Waals surface area contributed by atoms with Crippen LogP contribution in [-0.2, 0) is 6.42 Å². The summed E-state index contributed by atoms with van der Waals surface area (Å²) in [5, 5.41) is 12.7. The standard InChI is InChI=1S/C17H29NO/c1-12-9-13(2)15(4)16(14(12)3)7-8-18-10-17(5,6)11-19/h9,18-19H,7-8,10-11H2,1-6H3. The molecule has 0 aromatic heterocycles. The Balaban J connectivity index is 2.64. The quantitative estimate of drug-likeness (QED) is 0.773. The fourth-order valence-corrected chi connectivity index (χ4v) is 2.37. The fraction of sp³-hybridized carbons (Fsp3) is 0.647. The lowest BCUT2D eigenvalue weighted by Gasteiger charge is -2.22. The van der Waals surface area contributed by atoms with E-state index in [1.54, 1.807) is 0 Å². The third-order valence-corrected chi connectivity index (χ3v) is 4.10. The zero-order valence-corrected chi connectivity index (χ0v) is 13.4. The molecule has 0 unspecified atom stereocenters. The molecular formula is C17H29NO. The van der Waals surface area contributed by atoms with Gasteiger partial charge in [-0.15, -0.1) is 0 Å². The van der Waals surface area contributed by atoms with Gasteiger partial charge in [0, 0.05) is 18.6 Å². The van der Waals surface area contributed by atoms with E-state index < -0.39 is 0 Å². The Bertz CT molecular complexity index is 409. The van der Waals surface area contributed by atoms with Gasteiger partial charge in [0.2, 0.25) is 0 Å². The lowest BCUT2D eigenvalue weighted by molar-refractivity contribution is 0.157. The Morgan fingerprint density at radius 3 is 2.05 bits per heavy atom. The summed E-state index contributed by atoms with van der Waals surface area (Å²) >= 11 is 0. The smallest absolute Gasteiger partial charge is 0.0494 e. The summed E-state index contributed by atoms with van der Waals surface area (Å²) < 4.78 is 0. The second kappa shape index (κ2) is 6.53. The van der Waals surface area contributed by atoms with E-state index in [0.717, 1.165) is 19.5 Å².